The van der Waals surface area contributed by atoms with Crippen molar-refractivity contribution < 1.29 is 4.79 Å². The number of fused-ring (bicyclic) bond motifs is 1. The topological polar surface area (TPSA) is 63.1 Å². The molecule has 0 saturated carbocycles. The molecule has 2 amide bonds. The van der Waals surface area contributed by atoms with Crippen LogP contribution in [0.25, 0.3) is 11.2 Å². The van der Waals surface area contributed by atoms with Gasteiger partial charge in [-0.05, 0) is 24.5 Å². The molecule has 0 bridgehead atoms. The molecule has 0 spiro atoms. The summed E-state index contributed by atoms with van der Waals surface area (Å²) in [5.41, 5.74) is 1.82. The molecule has 0 radical (unpaired) electrons. The van der Waals surface area contributed by atoms with Crippen molar-refractivity contribution in [1.82, 2.24) is 24.8 Å². The van der Waals surface area contributed by atoms with Gasteiger partial charge in [-0.15, -0.1) is 0 Å². The highest BCUT2D eigenvalue weighted by Crippen LogP contribution is 2.28. The predicted octanol–water partition coefficient (Wildman–Crippen LogP) is 2.12. The number of imidazole rings is 1. The number of urea groups is 1. The van der Waals surface area contributed by atoms with Gasteiger partial charge in [0.2, 0.25) is 0 Å². The first-order valence-corrected chi connectivity index (χ1v) is 7.86. The minimum absolute atomic E-state index is 0.0353. The lowest BCUT2D eigenvalue weighted by molar-refractivity contribution is 0.207. The Hall–Kier alpha value is -2.11. The van der Waals surface area contributed by atoms with Gasteiger partial charge < -0.3 is 14.8 Å². The molecule has 1 N–H and O–H groups in total. The van der Waals surface area contributed by atoms with Crippen LogP contribution in [0.1, 0.15) is 32.0 Å². The summed E-state index contributed by atoms with van der Waals surface area (Å²) in [5, 5.41) is 2.98. The zero-order chi connectivity index (χ0) is 15.7. The third-order valence-electron chi connectivity index (χ3n) is 4.16. The Labute approximate surface area is 130 Å². The number of rotatable bonds is 3. The Kier molecular flexibility index (Phi) is 4.00. The number of aromatic nitrogens is 3. The highest BCUT2D eigenvalue weighted by Gasteiger charge is 2.30. The fourth-order valence-electron chi connectivity index (χ4n) is 2.96. The van der Waals surface area contributed by atoms with Crippen molar-refractivity contribution in [2.24, 2.45) is 13.0 Å². The van der Waals surface area contributed by atoms with Crippen molar-refractivity contribution in [1.29, 1.82) is 0 Å². The molecule has 118 valence electrons. The molecule has 1 fully saturated rings. The van der Waals surface area contributed by atoms with Crippen LogP contribution in [0.5, 0.6) is 0 Å². The fourth-order valence-corrected chi connectivity index (χ4v) is 2.96. The Bertz CT molecular complexity index is 678. The Morgan fingerprint density at radius 3 is 3.05 bits per heavy atom. The van der Waals surface area contributed by atoms with E-state index in [9.17, 15) is 4.79 Å². The van der Waals surface area contributed by atoms with E-state index in [0.29, 0.717) is 5.92 Å². The van der Waals surface area contributed by atoms with E-state index in [1.807, 2.05) is 24.1 Å². The van der Waals surface area contributed by atoms with Crippen LogP contribution in [0, 0.1) is 5.92 Å². The van der Waals surface area contributed by atoms with Gasteiger partial charge in [0.25, 0.3) is 0 Å². The summed E-state index contributed by atoms with van der Waals surface area (Å²) < 4.78 is 2.05. The zero-order valence-corrected chi connectivity index (χ0v) is 13.4. The first-order chi connectivity index (χ1) is 10.6. The molecule has 6 heteroatoms. The van der Waals surface area contributed by atoms with Gasteiger partial charge in [0.15, 0.2) is 5.65 Å². The molecular weight excluding hydrogens is 278 g/mol. The maximum atomic E-state index is 12.2. The average molecular weight is 301 g/mol. The normalized spacial score (nSPS) is 18.4. The highest BCUT2D eigenvalue weighted by molar-refractivity contribution is 5.75. The maximum absolute atomic E-state index is 12.2. The summed E-state index contributed by atoms with van der Waals surface area (Å²) in [6, 6.07) is 3.92. The second kappa shape index (κ2) is 5.94. The van der Waals surface area contributed by atoms with Crippen molar-refractivity contribution in [3.8, 4) is 0 Å². The van der Waals surface area contributed by atoms with Crippen LogP contribution < -0.4 is 5.32 Å². The van der Waals surface area contributed by atoms with E-state index in [2.05, 4.69) is 28.7 Å². The molecule has 1 aliphatic heterocycles. The number of nitrogens with one attached hydrogen (secondary N) is 1. The van der Waals surface area contributed by atoms with E-state index < -0.39 is 0 Å². The predicted molar refractivity (Wildman–Crippen MR) is 85.7 cm³/mol. The van der Waals surface area contributed by atoms with E-state index in [1.165, 1.54) is 0 Å². The molecule has 1 aliphatic rings. The van der Waals surface area contributed by atoms with Gasteiger partial charge in [-0.3, -0.25) is 0 Å². The van der Waals surface area contributed by atoms with Crippen LogP contribution in [0.15, 0.2) is 18.3 Å². The molecule has 1 saturated heterocycles. The molecule has 6 nitrogen and oxygen atoms in total. The summed E-state index contributed by atoms with van der Waals surface area (Å²) in [6.07, 6.45) is 2.74. The van der Waals surface area contributed by atoms with Gasteiger partial charge in [-0.1, -0.05) is 13.8 Å². The third-order valence-corrected chi connectivity index (χ3v) is 4.16. The van der Waals surface area contributed by atoms with Crippen LogP contribution >= 0.6 is 0 Å². The van der Waals surface area contributed by atoms with E-state index in [-0.39, 0.29) is 11.9 Å². The molecule has 3 heterocycles. The van der Waals surface area contributed by atoms with Gasteiger partial charge >= 0.3 is 6.03 Å². The van der Waals surface area contributed by atoms with Crippen LogP contribution in [-0.2, 0) is 7.05 Å². The van der Waals surface area contributed by atoms with Gasteiger partial charge in [-0.25, -0.2) is 14.8 Å². The van der Waals surface area contributed by atoms with Crippen LogP contribution in [0.2, 0.25) is 0 Å². The Morgan fingerprint density at radius 1 is 1.50 bits per heavy atom. The molecule has 22 heavy (non-hydrogen) atoms. The molecule has 0 aliphatic carbocycles. The number of hydrogen-bond donors (Lipinski definition) is 1. The molecule has 1 atom stereocenters. The first kappa shape index (κ1) is 14.8. The smallest absolute Gasteiger partial charge is 0.317 e. The molecular formula is C16H23N5O. The fraction of sp³-hybridized carbons (Fsp3) is 0.562. The number of carbonyl (C=O) groups is 1. The lowest BCUT2D eigenvalue weighted by Gasteiger charge is -2.18. The minimum Gasteiger partial charge on any atom is -0.338 e. The summed E-state index contributed by atoms with van der Waals surface area (Å²) in [4.78, 5) is 23.1. The van der Waals surface area contributed by atoms with Crippen molar-refractivity contribution >= 4 is 17.2 Å². The number of carbonyl (C=O) groups excluding carboxylic acids is 1. The summed E-state index contributed by atoms with van der Waals surface area (Å²) in [5.74, 6) is 1.77. The molecule has 0 aromatic carbocycles. The molecule has 0 unspecified atom stereocenters. The van der Waals surface area contributed by atoms with Gasteiger partial charge in [0.05, 0.1) is 0 Å². The standard InChI is InChI=1S/C16H23N5O/c1-11(2)9-18-16(22)21-8-6-12(10-21)14-19-13-5-4-7-17-15(13)20(14)3/h4-5,7,11-12H,6,8-10H2,1-3H3,(H,18,22)/t12-/m0/s1. The SMILES string of the molecule is CC(C)CNC(=O)N1CC[C@H](c2nc3cccnc3n2C)C1. The van der Waals surface area contributed by atoms with E-state index in [0.717, 1.165) is 43.0 Å². The number of nitrogens with zero attached hydrogens (tertiary/aromatic N) is 4. The van der Waals surface area contributed by atoms with Crippen molar-refractivity contribution in [3.63, 3.8) is 0 Å². The number of likely N-dealkylation sites (tertiary alicyclic amines) is 1. The van der Waals surface area contributed by atoms with E-state index >= 15 is 0 Å². The summed E-state index contributed by atoms with van der Waals surface area (Å²) in [7, 11) is 2.00. The number of hydrogen-bond acceptors (Lipinski definition) is 3. The van der Waals surface area contributed by atoms with Crippen LogP contribution in [0.3, 0.4) is 0 Å². The summed E-state index contributed by atoms with van der Waals surface area (Å²) in [6.45, 7) is 6.42. The Morgan fingerprint density at radius 2 is 2.32 bits per heavy atom. The van der Waals surface area contributed by atoms with Crippen LogP contribution in [-0.4, -0.2) is 45.1 Å². The number of pyridine rings is 1. The number of amides is 2. The lowest BCUT2D eigenvalue weighted by atomic mass is 10.1. The first-order valence-electron chi connectivity index (χ1n) is 7.86. The Balaban J connectivity index is 1.71. The zero-order valence-electron chi connectivity index (χ0n) is 13.4. The second-order valence-electron chi connectivity index (χ2n) is 6.39. The average Bonchev–Trinajstić information content (AvgIpc) is 3.10. The van der Waals surface area contributed by atoms with Crippen LogP contribution in [0.4, 0.5) is 4.79 Å². The lowest BCUT2D eigenvalue weighted by Crippen LogP contribution is -2.39. The van der Waals surface area contributed by atoms with E-state index in [1.54, 1.807) is 6.20 Å². The molecule has 2 aromatic rings. The second-order valence-corrected chi connectivity index (χ2v) is 6.39. The van der Waals surface area contributed by atoms with Gasteiger partial charge in [-0.2, -0.15) is 0 Å². The highest BCUT2D eigenvalue weighted by atomic mass is 16.2. The quantitative estimate of drug-likeness (QED) is 0.944. The molecule has 2 aromatic heterocycles. The molecule has 3 rings (SSSR count). The van der Waals surface area contributed by atoms with E-state index in [4.69, 9.17) is 4.98 Å². The monoisotopic (exact) mass is 301 g/mol. The van der Waals surface area contributed by atoms with Crippen molar-refractivity contribution in [3.05, 3.63) is 24.2 Å². The largest absolute Gasteiger partial charge is 0.338 e. The third kappa shape index (κ3) is 2.77. The van der Waals surface area contributed by atoms with Crippen molar-refractivity contribution in [2.45, 2.75) is 26.2 Å². The maximum Gasteiger partial charge on any atom is 0.317 e. The van der Waals surface area contributed by atoms with Crippen molar-refractivity contribution in [2.75, 3.05) is 19.6 Å². The summed E-state index contributed by atoms with van der Waals surface area (Å²) >= 11 is 0. The number of aryl methyl sites for hydroxylation is 1. The van der Waals surface area contributed by atoms with Gasteiger partial charge in [0.1, 0.15) is 11.3 Å². The minimum atomic E-state index is 0.0353. The van der Waals surface area contributed by atoms with Gasteiger partial charge in [0, 0.05) is 38.8 Å².